The van der Waals surface area contributed by atoms with Gasteiger partial charge in [0.15, 0.2) is 0 Å². The van der Waals surface area contributed by atoms with Crippen molar-refractivity contribution >= 4 is 11.9 Å². The molecule has 3 saturated carbocycles. The first-order valence-electron chi connectivity index (χ1n) is 14.5. The molecule has 0 unspecified atom stereocenters. The molecule has 36 heavy (non-hydrogen) atoms. The zero-order chi connectivity index (χ0) is 25.9. The minimum Gasteiger partial charge on any atom is -0.457 e. The molecule has 0 spiro atoms. The first-order chi connectivity index (χ1) is 17.2. The summed E-state index contributed by atoms with van der Waals surface area (Å²) in [7, 11) is 0. The number of terminal acetylenes is 1. The lowest BCUT2D eigenvalue weighted by Crippen LogP contribution is -2.49. The highest BCUT2D eigenvalue weighted by atomic mass is 16.6. The van der Waals surface area contributed by atoms with Gasteiger partial charge in [0.05, 0.1) is 0 Å². The highest BCUT2D eigenvalue weighted by Crippen LogP contribution is 2.64. The Bertz CT molecular complexity index is 938. The summed E-state index contributed by atoms with van der Waals surface area (Å²) in [5.41, 5.74) is 2.14. The molecule has 4 heteroatoms. The third kappa shape index (κ3) is 5.46. The molecule has 0 aromatic carbocycles. The lowest BCUT2D eigenvalue weighted by Gasteiger charge is -2.54. The van der Waals surface area contributed by atoms with E-state index in [0.29, 0.717) is 30.1 Å². The van der Waals surface area contributed by atoms with Crippen LogP contribution in [0, 0.1) is 41.4 Å². The van der Waals surface area contributed by atoms with E-state index < -0.39 is 5.60 Å². The van der Waals surface area contributed by atoms with E-state index >= 15 is 0 Å². The molecule has 4 nitrogen and oxygen atoms in total. The molecule has 3 fully saturated rings. The predicted molar refractivity (Wildman–Crippen MR) is 143 cm³/mol. The molecular formula is C32H46O4. The van der Waals surface area contributed by atoms with Gasteiger partial charge in [-0.15, -0.1) is 6.42 Å². The van der Waals surface area contributed by atoms with Gasteiger partial charge in [-0.25, -0.2) is 0 Å². The van der Waals surface area contributed by atoms with Crippen molar-refractivity contribution in [2.75, 3.05) is 0 Å². The zero-order valence-corrected chi connectivity index (χ0v) is 22.9. The summed E-state index contributed by atoms with van der Waals surface area (Å²) in [6, 6.07) is 0. The number of hydrogen-bond donors (Lipinski definition) is 0. The molecule has 0 aromatic heterocycles. The number of allylic oxidation sites excluding steroid dienone is 2. The van der Waals surface area contributed by atoms with Crippen molar-refractivity contribution in [2.45, 2.75) is 123 Å². The van der Waals surface area contributed by atoms with Crippen molar-refractivity contribution in [3.8, 4) is 12.3 Å². The van der Waals surface area contributed by atoms with Crippen LogP contribution in [0.15, 0.2) is 23.3 Å². The molecule has 0 heterocycles. The normalized spacial score (nSPS) is 38.2. The molecule has 4 aliphatic rings. The van der Waals surface area contributed by atoms with Crippen molar-refractivity contribution in [1.82, 2.24) is 0 Å². The lowest BCUT2D eigenvalue weighted by molar-refractivity contribution is -0.155. The van der Waals surface area contributed by atoms with Gasteiger partial charge in [-0.2, -0.15) is 0 Å². The number of hydrogen-bond acceptors (Lipinski definition) is 4. The van der Waals surface area contributed by atoms with Gasteiger partial charge in [-0.1, -0.05) is 51.0 Å². The number of carbonyl (C=O) groups is 2. The fourth-order valence-electron chi connectivity index (χ4n) is 8.24. The molecule has 7 atom stereocenters. The Morgan fingerprint density at radius 1 is 1.11 bits per heavy atom. The van der Waals surface area contributed by atoms with Crippen LogP contribution >= 0.6 is 0 Å². The van der Waals surface area contributed by atoms with E-state index in [1.165, 1.54) is 31.8 Å². The van der Waals surface area contributed by atoms with E-state index in [-0.39, 0.29) is 23.5 Å². The molecule has 0 aliphatic heterocycles. The van der Waals surface area contributed by atoms with Gasteiger partial charge in [0.2, 0.25) is 0 Å². The monoisotopic (exact) mass is 494 g/mol. The van der Waals surface area contributed by atoms with E-state index in [2.05, 4.69) is 32.8 Å². The number of esters is 2. The van der Waals surface area contributed by atoms with Crippen LogP contribution in [0.25, 0.3) is 0 Å². The second-order valence-electron chi connectivity index (χ2n) is 12.4. The fourth-order valence-corrected chi connectivity index (χ4v) is 8.24. The van der Waals surface area contributed by atoms with Gasteiger partial charge in [0.1, 0.15) is 11.7 Å². The summed E-state index contributed by atoms with van der Waals surface area (Å²) in [5, 5.41) is 0. The van der Waals surface area contributed by atoms with E-state index in [1.807, 2.05) is 6.08 Å². The highest BCUT2D eigenvalue weighted by molar-refractivity contribution is 5.70. The number of ether oxygens (including phenoxy) is 2. The smallest absolute Gasteiger partial charge is 0.306 e. The summed E-state index contributed by atoms with van der Waals surface area (Å²) in [5.74, 6) is 4.81. The maximum atomic E-state index is 12.6. The van der Waals surface area contributed by atoms with Crippen molar-refractivity contribution in [3.63, 3.8) is 0 Å². The van der Waals surface area contributed by atoms with Crippen molar-refractivity contribution in [3.05, 3.63) is 23.3 Å². The van der Waals surface area contributed by atoms with Crippen LogP contribution in [0.5, 0.6) is 0 Å². The number of rotatable bonds is 8. The standard InChI is InChI=1S/C32H46O4/c1-6-8-9-10-11-13-29(34)36-31(4)18-16-25-24(21-31)14-15-27-26(25)17-19-32(5)28(27)20-23(12-7-2)30(32)35-22(3)33/h2,12,21,25-28,30H,6,8-11,13-20H2,1,3-5H3/t25-,26+,27+,28-,30+,31-,32-/m0/s1. The topological polar surface area (TPSA) is 52.6 Å². The Kier molecular flexibility index (Phi) is 8.38. The zero-order valence-electron chi connectivity index (χ0n) is 22.9. The maximum absolute atomic E-state index is 12.6. The Morgan fingerprint density at radius 2 is 1.89 bits per heavy atom. The quantitative estimate of drug-likeness (QED) is 0.153. The van der Waals surface area contributed by atoms with Crippen LogP contribution in [-0.4, -0.2) is 23.6 Å². The van der Waals surface area contributed by atoms with Gasteiger partial charge in [0.25, 0.3) is 0 Å². The maximum Gasteiger partial charge on any atom is 0.306 e. The van der Waals surface area contributed by atoms with Gasteiger partial charge in [0, 0.05) is 18.8 Å². The first kappa shape index (κ1) is 27.0. The molecule has 0 radical (unpaired) electrons. The largest absolute Gasteiger partial charge is 0.457 e. The lowest BCUT2D eigenvalue weighted by atomic mass is 9.51. The summed E-state index contributed by atoms with van der Waals surface area (Å²) < 4.78 is 11.9. The second-order valence-corrected chi connectivity index (χ2v) is 12.4. The van der Waals surface area contributed by atoms with E-state index in [9.17, 15) is 9.59 Å². The van der Waals surface area contributed by atoms with E-state index in [0.717, 1.165) is 63.4 Å². The number of carbonyl (C=O) groups excluding carboxylic acids is 2. The summed E-state index contributed by atoms with van der Waals surface area (Å²) in [6.07, 6.45) is 23.3. The minimum atomic E-state index is -0.459. The Balaban J connectivity index is 1.43. The third-order valence-electron chi connectivity index (χ3n) is 9.91. The molecule has 0 saturated heterocycles. The van der Waals surface area contributed by atoms with Crippen LogP contribution in [0.4, 0.5) is 0 Å². The predicted octanol–water partition coefficient (Wildman–Crippen LogP) is 7.32. The molecule has 4 rings (SSSR count). The van der Waals surface area contributed by atoms with Gasteiger partial charge < -0.3 is 9.47 Å². The summed E-state index contributed by atoms with van der Waals surface area (Å²) in [6.45, 7) is 8.14. The van der Waals surface area contributed by atoms with E-state index in [1.54, 1.807) is 0 Å². The average Bonchev–Trinajstić information content (AvgIpc) is 3.09. The first-order valence-corrected chi connectivity index (χ1v) is 14.5. The van der Waals surface area contributed by atoms with E-state index in [4.69, 9.17) is 15.9 Å². The van der Waals surface area contributed by atoms with Gasteiger partial charge in [-0.05, 0) is 99.7 Å². The summed E-state index contributed by atoms with van der Waals surface area (Å²) in [4.78, 5) is 24.5. The molecule has 4 aliphatic carbocycles. The summed E-state index contributed by atoms with van der Waals surface area (Å²) >= 11 is 0. The second kappa shape index (κ2) is 11.2. The Morgan fingerprint density at radius 3 is 2.61 bits per heavy atom. The van der Waals surface area contributed by atoms with Crippen LogP contribution in [0.1, 0.15) is 111 Å². The minimum absolute atomic E-state index is 0.0351. The molecule has 0 bridgehead atoms. The average molecular weight is 495 g/mol. The van der Waals surface area contributed by atoms with Crippen molar-refractivity contribution in [1.29, 1.82) is 0 Å². The molecule has 0 N–H and O–H groups in total. The Labute approximate surface area is 218 Å². The SMILES string of the molecule is C#CC=C1C[C@H]2[C@@H]3CCC4=C[C@@](C)(OC(=O)CCCCCCC)CC[C@@H]4[C@H]3CC[C@]2(C)[C@@H]1OC(C)=O. The van der Waals surface area contributed by atoms with Crippen LogP contribution in [0.3, 0.4) is 0 Å². The van der Waals surface area contributed by atoms with Crippen molar-refractivity contribution < 1.29 is 19.1 Å². The third-order valence-corrected chi connectivity index (χ3v) is 9.91. The molecule has 0 amide bonds. The van der Waals surface area contributed by atoms with Crippen LogP contribution in [0.2, 0.25) is 0 Å². The number of unbranched alkanes of at least 4 members (excludes halogenated alkanes) is 4. The number of fused-ring (bicyclic) bond motifs is 5. The van der Waals surface area contributed by atoms with Crippen molar-refractivity contribution in [2.24, 2.45) is 29.1 Å². The molecule has 0 aromatic rings. The Hall–Kier alpha value is -2.02. The van der Waals surface area contributed by atoms with Crippen LogP contribution in [-0.2, 0) is 19.1 Å². The highest BCUT2D eigenvalue weighted by Gasteiger charge is 2.59. The fraction of sp³-hybridized carbons (Fsp3) is 0.750. The van der Waals surface area contributed by atoms with Crippen LogP contribution < -0.4 is 0 Å². The molecular weight excluding hydrogens is 448 g/mol. The van der Waals surface area contributed by atoms with Gasteiger partial charge in [-0.3, -0.25) is 9.59 Å². The van der Waals surface area contributed by atoms with Gasteiger partial charge >= 0.3 is 11.9 Å². The molecule has 198 valence electrons.